The Balaban J connectivity index is 3.20. The lowest BCUT2D eigenvalue weighted by Gasteiger charge is -2.16. The first-order valence-corrected chi connectivity index (χ1v) is 11.7. The van der Waals surface area contributed by atoms with Gasteiger partial charge >= 0.3 is 0 Å². The summed E-state index contributed by atoms with van der Waals surface area (Å²) in [6.45, 7) is 4.26. The van der Waals surface area contributed by atoms with E-state index in [0.717, 1.165) is 19.5 Å². The van der Waals surface area contributed by atoms with Crippen LogP contribution in [-0.2, 0) is 10.1 Å². The van der Waals surface area contributed by atoms with E-state index < -0.39 is 10.1 Å². The van der Waals surface area contributed by atoms with Gasteiger partial charge in [-0.05, 0) is 39.4 Å². The third kappa shape index (κ3) is 19.9. The highest BCUT2D eigenvalue weighted by Crippen LogP contribution is 2.12. The molecule has 0 bridgehead atoms. The maximum Gasteiger partial charge on any atom is 0.264 e. The Labute approximate surface area is 151 Å². The largest absolute Gasteiger partial charge is 0.306 e. The van der Waals surface area contributed by atoms with Crippen LogP contribution >= 0.6 is 0 Å². The summed E-state index contributed by atoms with van der Waals surface area (Å²) >= 11 is 0. The molecule has 0 aromatic rings. The molecule has 1 N–H and O–H groups in total. The highest BCUT2D eigenvalue weighted by Gasteiger charge is 2.04. The first-order chi connectivity index (χ1) is 11.5. The predicted molar refractivity (Wildman–Crippen MR) is 104 cm³/mol. The van der Waals surface area contributed by atoms with Gasteiger partial charge in [0.05, 0.1) is 5.75 Å². The molecule has 0 saturated heterocycles. The Bertz CT molecular complexity index is 358. The molecule has 24 heavy (non-hydrogen) atoms. The van der Waals surface area contributed by atoms with Crippen molar-refractivity contribution in [3.63, 3.8) is 0 Å². The lowest BCUT2D eigenvalue weighted by molar-refractivity contribution is 0.317. The Morgan fingerprint density at radius 1 is 0.667 bits per heavy atom. The molecule has 146 valence electrons. The Kier molecular flexibility index (Phi) is 16.3. The predicted octanol–water partition coefficient (Wildman–Crippen LogP) is 5.29. The van der Waals surface area contributed by atoms with Crippen LogP contribution in [0.4, 0.5) is 0 Å². The Hall–Kier alpha value is -0.130. The second-order valence-electron chi connectivity index (χ2n) is 7.19. The van der Waals surface area contributed by atoms with E-state index in [4.69, 9.17) is 4.55 Å². The molecule has 0 fully saturated rings. The van der Waals surface area contributed by atoms with E-state index in [2.05, 4.69) is 18.9 Å². The molecule has 0 atom stereocenters. The molecular weight excluding hydrogens is 322 g/mol. The van der Waals surface area contributed by atoms with E-state index in [1.165, 1.54) is 77.0 Å². The van der Waals surface area contributed by atoms with Crippen LogP contribution in [0, 0.1) is 0 Å². The van der Waals surface area contributed by atoms with E-state index in [-0.39, 0.29) is 5.75 Å². The molecule has 0 radical (unpaired) electrons. The van der Waals surface area contributed by atoms with E-state index in [0.29, 0.717) is 6.42 Å². The van der Waals surface area contributed by atoms with E-state index >= 15 is 0 Å². The molecule has 0 heterocycles. The Morgan fingerprint density at radius 2 is 1.04 bits per heavy atom. The third-order valence-corrected chi connectivity index (χ3v) is 5.39. The van der Waals surface area contributed by atoms with Crippen molar-refractivity contribution in [1.29, 1.82) is 0 Å². The fourth-order valence-electron chi connectivity index (χ4n) is 3.00. The summed E-state index contributed by atoms with van der Waals surface area (Å²) in [6, 6.07) is 0. The van der Waals surface area contributed by atoms with Gasteiger partial charge in [-0.15, -0.1) is 0 Å². The van der Waals surface area contributed by atoms with Crippen LogP contribution in [0.3, 0.4) is 0 Å². The minimum absolute atomic E-state index is 0.112. The van der Waals surface area contributed by atoms with Gasteiger partial charge in [-0.3, -0.25) is 4.55 Å². The van der Waals surface area contributed by atoms with Gasteiger partial charge in [0.25, 0.3) is 10.1 Å². The number of rotatable bonds is 18. The Morgan fingerprint density at radius 3 is 1.46 bits per heavy atom. The molecule has 0 aromatic carbocycles. The van der Waals surface area contributed by atoms with Gasteiger partial charge in [0.15, 0.2) is 0 Å². The highest BCUT2D eigenvalue weighted by molar-refractivity contribution is 7.85. The maximum absolute atomic E-state index is 10.6. The van der Waals surface area contributed by atoms with Crippen molar-refractivity contribution in [2.75, 3.05) is 25.9 Å². The number of unbranched alkanes of at least 4 members (excludes halogenated alkanes) is 12. The molecule has 0 aliphatic rings. The third-order valence-electron chi connectivity index (χ3n) is 4.59. The summed E-state index contributed by atoms with van der Waals surface area (Å²) in [5.74, 6) is -0.112. The summed E-state index contributed by atoms with van der Waals surface area (Å²) in [5.41, 5.74) is 0. The first kappa shape index (κ1) is 23.9. The summed E-state index contributed by atoms with van der Waals surface area (Å²) in [4.78, 5) is 2.26. The summed E-state index contributed by atoms with van der Waals surface area (Å²) in [7, 11) is -1.69. The van der Waals surface area contributed by atoms with Gasteiger partial charge in [-0.2, -0.15) is 8.42 Å². The molecule has 5 heteroatoms. The standard InChI is InChI=1S/C19H41NO3S/c1-3-4-5-6-7-8-9-10-11-12-13-14-17-20(2)18-15-16-19-24(21,22)23/h3-19H2,1-2H3,(H,21,22,23). The summed E-state index contributed by atoms with van der Waals surface area (Å²) < 4.78 is 29.9. The van der Waals surface area contributed by atoms with Crippen molar-refractivity contribution in [1.82, 2.24) is 4.90 Å². The monoisotopic (exact) mass is 363 g/mol. The van der Waals surface area contributed by atoms with Gasteiger partial charge in [-0.25, -0.2) is 0 Å². The molecule has 0 rings (SSSR count). The molecule has 0 spiro atoms. The van der Waals surface area contributed by atoms with Gasteiger partial charge in [-0.1, -0.05) is 77.6 Å². The second kappa shape index (κ2) is 16.3. The van der Waals surface area contributed by atoms with Crippen molar-refractivity contribution in [2.24, 2.45) is 0 Å². The highest BCUT2D eigenvalue weighted by atomic mass is 32.2. The van der Waals surface area contributed by atoms with Crippen molar-refractivity contribution in [2.45, 2.75) is 96.8 Å². The van der Waals surface area contributed by atoms with Crippen molar-refractivity contribution in [3.8, 4) is 0 Å². The summed E-state index contributed by atoms with van der Waals surface area (Å²) in [5, 5.41) is 0. The van der Waals surface area contributed by atoms with Gasteiger partial charge < -0.3 is 4.90 Å². The van der Waals surface area contributed by atoms with Crippen molar-refractivity contribution < 1.29 is 13.0 Å². The molecule has 0 unspecified atom stereocenters. The van der Waals surface area contributed by atoms with Crippen LogP contribution in [0.15, 0.2) is 0 Å². The maximum atomic E-state index is 10.6. The molecule has 0 saturated carbocycles. The second-order valence-corrected chi connectivity index (χ2v) is 8.76. The summed E-state index contributed by atoms with van der Waals surface area (Å²) in [6.07, 6.45) is 17.8. The smallest absolute Gasteiger partial charge is 0.264 e. The molecular formula is C19H41NO3S. The van der Waals surface area contributed by atoms with Crippen LogP contribution in [0.1, 0.15) is 96.8 Å². The van der Waals surface area contributed by atoms with E-state index in [9.17, 15) is 8.42 Å². The fourth-order valence-corrected chi connectivity index (χ4v) is 3.57. The topological polar surface area (TPSA) is 57.6 Å². The van der Waals surface area contributed by atoms with Crippen LogP contribution < -0.4 is 0 Å². The lowest BCUT2D eigenvalue weighted by Crippen LogP contribution is -2.21. The fraction of sp³-hybridized carbons (Fsp3) is 1.00. The zero-order valence-corrected chi connectivity index (χ0v) is 17.0. The average Bonchev–Trinajstić information content (AvgIpc) is 2.52. The average molecular weight is 364 g/mol. The van der Waals surface area contributed by atoms with Gasteiger partial charge in [0.1, 0.15) is 0 Å². The van der Waals surface area contributed by atoms with Crippen LogP contribution in [-0.4, -0.2) is 43.8 Å². The molecule has 0 amide bonds. The first-order valence-electron chi connectivity index (χ1n) is 10.1. The van der Waals surface area contributed by atoms with E-state index in [1.807, 2.05) is 0 Å². The van der Waals surface area contributed by atoms with Crippen molar-refractivity contribution >= 4 is 10.1 Å². The molecule has 0 aliphatic heterocycles. The normalized spacial score (nSPS) is 12.2. The minimum atomic E-state index is -3.78. The van der Waals surface area contributed by atoms with Crippen molar-refractivity contribution in [3.05, 3.63) is 0 Å². The quantitative estimate of drug-likeness (QED) is 0.266. The number of nitrogens with zero attached hydrogens (tertiary/aromatic N) is 1. The van der Waals surface area contributed by atoms with Gasteiger partial charge in [0, 0.05) is 0 Å². The lowest BCUT2D eigenvalue weighted by atomic mass is 10.1. The number of hydrogen-bond acceptors (Lipinski definition) is 3. The van der Waals surface area contributed by atoms with Gasteiger partial charge in [0.2, 0.25) is 0 Å². The van der Waals surface area contributed by atoms with Crippen LogP contribution in [0.2, 0.25) is 0 Å². The van der Waals surface area contributed by atoms with E-state index in [1.54, 1.807) is 0 Å². The zero-order chi connectivity index (χ0) is 18.1. The van der Waals surface area contributed by atoms with Crippen LogP contribution in [0.5, 0.6) is 0 Å². The number of hydrogen-bond donors (Lipinski definition) is 1. The zero-order valence-electron chi connectivity index (χ0n) is 16.1. The molecule has 4 nitrogen and oxygen atoms in total. The SMILES string of the molecule is CCCCCCCCCCCCCCN(C)CCCCS(=O)(=O)O. The van der Waals surface area contributed by atoms with Crippen LogP contribution in [0.25, 0.3) is 0 Å². The minimum Gasteiger partial charge on any atom is -0.306 e. The molecule has 0 aliphatic carbocycles. The molecule has 0 aromatic heterocycles.